The van der Waals surface area contributed by atoms with Crippen molar-refractivity contribution in [2.75, 3.05) is 5.32 Å². The maximum absolute atomic E-state index is 13.7. The Labute approximate surface area is 214 Å². The fourth-order valence-electron chi connectivity index (χ4n) is 4.62. The lowest BCUT2D eigenvalue weighted by Gasteiger charge is -2.24. The summed E-state index contributed by atoms with van der Waals surface area (Å²) in [7, 11) is 0. The molecule has 0 unspecified atom stereocenters. The number of aromatic nitrogens is 6. The van der Waals surface area contributed by atoms with E-state index >= 15 is 0 Å². The summed E-state index contributed by atoms with van der Waals surface area (Å²) in [5, 5.41) is 11.2. The van der Waals surface area contributed by atoms with Crippen molar-refractivity contribution in [1.82, 2.24) is 30.1 Å². The number of aromatic amines is 2. The number of imidazole rings is 1. The van der Waals surface area contributed by atoms with Gasteiger partial charge in [0.05, 0.1) is 27.8 Å². The molecule has 5 heterocycles. The lowest BCUT2D eigenvalue weighted by molar-refractivity contribution is -0.122. The molecule has 0 saturated heterocycles. The number of pyridine rings is 2. The number of carbonyl (C=O) groups is 1. The van der Waals surface area contributed by atoms with E-state index in [9.17, 15) is 9.18 Å². The number of anilines is 1. The molecule has 1 aliphatic carbocycles. The molecule has 0 bridgehead atoms. The monoisotopic (exact) mass is 509 g/mol. The second kappa shape index (κ2) is 8.59. The van der Waals surface area contributed by atoms with Crippen molar-refractivity contribution in [2.24, 2.45) is 5.92 Å². The number of halogens is 1. The predicted octanol–water partition coefficient (Wildman–Crippen LogP) is 6.17. The summed E-state index contributed by atoms with van der Waals surface area (Å²) < 4.78 is 13.7. The molecule has 5 aromatic heterocycles. The molecule has 37 heavy (non-hydrogen) atoms. The van der Waals surface area contributed by atoms with Gasteiger partial charge < -0.3 is 10.3 Å². The van der Waals surface area contributed by atoms with E-state index in [0.29, 0.717) is 33.3 Å². The Balaban J connectivity index is 1.26. The average molecular weight is 510 g/mol. The maximum Gasteiger partial charge on any atom is 0.227 e. The van der Waals surface area contributed by atoms with Crippen molar-refractivity contribution in [1.29, 1.82) is 0 Å². The van der Waals surface area contributed by atoms with Crippen molar-refractivity contribution in [3.8, 4) is 33.2 Å². The topological polar surface area (TPSA) is 112 Å². The summed E-state index contributed by atoms with van der Waals surface area (Å²) in [4.78, 5) is 30.0. The minimum absolute atomic E-state index is 0.0572. The van der Waals surface area contributed by atoms with Crippen LogP contribution in [0.5, 0.6) is 0 Å². The molecule has 8 nitrogen and oxygen atoms in total. The summed E-state index contributed by atoms with van der Waals surface area (Å²) in [6.45, 7) is 0. The second-order valence-electron chi connectivity index (χ2n) is 9.16. The number of H-pyrrole nitrogens is 2. The lowest BCUT2D eigenvalue weighted by atomic mass is 9.85. The Morgan fingerprint density at radius 3 is 2.76 bits per heavy atom. The van der Waals surface area contributed by atoms with Gasteiger partial charge in [-0.05, 0) is 54.8 Å². The van der Waals surface area contributed by atoms with Crippen molar-refractivity contribution in [3.63, 3.8) is 0 Å². The molecule has 1 saturated carbocycles. The minimum atomic E-state index is -0.267. The highest BCUT2D eigenvalue weighted by atomic mass is 32.1. The molecule has 0 spiro atoms. The van der Waals surface area contributed by atoms with E-state index in [1.165, 1.54) is 6.07 Å². The van der Waals surface area contributed by atoms with Crippen molar-refractivity contribution in [2.45, 2.75) is 19.3 Å². The van der Waals surface area contributed by atoms with E-state index in [2.05, 4.69) is 30.5 Å². The number of hydrogen-bond donors (Lipinski definition) is 3. The van der Waals surface area contributed by atoms with Crippen LogP contribution < -0.4 is 5.32 Å². The zero-order valence-corrected chi connectivity index (χ0v) is 20.3. The van der Waals surface area contributed by atoms with Crippen LogP contribution in [0.2, 0.25) is 0 Å². The average Bonchev–Trinajstić information content (AvgIpc) is 3.60. The zero-order chi connectivity index (χ0) is 24.9. The lowest BCUT2D eigenvalue weighted by Crippen LogP contribution is -2.28. The number of benzene rings is 1. The Bertz CT molecular complexity index is 1800. The molecule has 0 aliphatic heterocycles. The normalized spacial score (nSPS) is 13.8. The van der Waals surface area contributed by atoms with Crippen LogP contribution in [-0.2, 0) is 4.79 Å². The first-order chi connectivity index (χ1) is 18.1. The third kappa shape index (κ3) is 3.86. The standard InChI is InChI=1S/C27H20FN7OS/c28-22-7-6-21(37-22)25-24-20(8-9-30-25)32-26(33-24)23-18-11-15(4-5-19(18)34-35-23)16-10-17(13-29-12-16)31-27(36)14-2-1-3-14/h4-14H,1-3H2,(H,31,36)(H,32,33)(H,34,35). The molecule has 1 aromatic carbocycles. The van der Waals surface area contributed by atoms with E-state index in [-0.39, 0.29) is 17.0 Å². The van der Waals surface area contributed by atoms with Gasteiger partial charge in [-0.15, -0.1) is 11.3 Å². The van der Waals surface area contributed by atoms with E-state index in [4.69, 9.17) is 4.98 Å². The number of fused-ring (bicyclic) bond motifs is 2. The van der Waals surface area contributed by atoms with Gasteiger partial charge in [0.2, 0.25) is 5.91 Å². The SMILES string of the molecule is O=C(Nc1cncc(-c2ccc3[nH]nc(-c4nc5c(-c6ccc(F)s6)nccc5[nH]4)c3c2)c1)C1CCC1. The summed E-state index contributed by atoms with van der Waals surface area (Å²) >= 11 is 1.04. The highest BCUT2D eigenvalue weighted by Crippen LogP contribution is 2.34. The Morgan fingerprint density at radius 2 is 1.95 bits per heavy atom. The highest BCUT2D eigenvalue weighted by Gasteiger charge is 2.25. The fourth-order valence-corrected chi connectivity index (χ4v) is 5.35. The molecule has 10 heteroatoms. The molecule has 3 N–H and O–H groups in total. The Kier molecular flexibility index (Phi) is 5.07. The van der Waals surface area contributed by atoms with E-state index < -0.39 is 0 Å². The third-order valence-corrected chi connectivity index (χ3v) is 7.69. The van der Waals surface area contributed by atoms with Gasteiger partial charge >= 0.3 is 0 Å². The first-order valence-electron chi connectivity index (χ1n) is 12.0. The number of amides is 1. The van der Waals surface area contributed by atoms with Crippen LogP contribution in [0.25, 0.3) is 55.2 Å². The number of hydrogen-bond acceptors (Lipinski definition) is 6. The van der Waals surface area contributed by atoms with Gasteiger partial charge in [-0.1, -0.05) is 12.5 Å². The van der Waals surface area contributed by atoms with Crippen LogP contribution in [0.4, 0.5) is 10.1 Å². The third-order valence-electron chi connectivity index (χ3n) is 6.81. The summed E-state index contributed by atoms with van der Waals surface area (Å²) in [6.07, 6.45) is 8.13. The molecule has 6 aromatic rings. The highest BCUT2D eigenvalue weighted by molar-refractivity contribution is 7.13. The largest absolute Gasteiger partial charge is 0.336 e. The molecule has 0 atom stereocenters. The van der Waals surface area contributed by atoms with Crippen molar-refractivity contribution >= 4 is 44.9 Å². The fraction of sp³-hybridized carbons (Fsp3) is 0.148. The van der Waals surface area contributed by atoms with Crippen molar-refractivity contribution < 1.29 is 9.18 Å². The van der Waals surface area contributed by atoms with Gasteiger partial charge in [-0.25, -0.2) is 4.98 Å². The second-order valence-corrected chi connectivity index (χ2v) is 10.2. The van der Waals surface area contributed by atoms with Crippen LogP contribution in [0, 0.1) is 11.0 Å². The zero-order valence-electron chi connectivity index (χ0n) is 19.5. The van der Waals surface area contributed by atoms with Crippen LogP contribution in [0.15, 0.2) is 61.1 Å². The minimum Gasteiger partial charge on any atom is -0.336 e. The smallest absolute Gasteiger partial charge is 0.227 e. The van der Waals surface area contributed by atoms with E-state index in [1.807, 2.05) is 30.3 Å². The molecule has 1 aliphatic rings. The van der Waals surface area contributed by atoms with E-state index in [0.717, 1.165) is 58.1 Å². The molecular formula is C27H20FN7OS. The number of nitrogens with one attached hydrogen (secondary N) is 3. The van der Waals surface area contributed by atoms with Crippen LogP contribution in [-0.4, -0.2) is 36.0 Å². The number of thiophene rings is 1. The molecule has 1 fully saturated rings. The molecule has 0 radical (unpaired) electrons. The van der Waals surface area contributed by atoms with Crippen LogP contribution >= 0.6 is 11.3 Å². The summed E-state index contributed by atoms with van der Waals surface area (Å²) in [5.74, 6) is 0.748. The predicted molar refractivity (Wildman–Crippen MR) is 141 cm³/mol. The van der Waals surface area contributed by atoms with Crippen LogP contribution in [0.1, 0.15) is 19.3 Å². The van der Waals surface area contributed by atoms with Gasteiger partial charge in [0.15, 0.2) is 11.0 Å². The molecule has 1 amide bonds. The van der Waals surface area contributed by atoms with Crippen molar-refractivity contribution in [3.05, 3.63) is 66.2 Å². The van der Waals surface area contributed by atoms with Crippen LogP contribution in [0.3, 0.4) is 0 Å². The Hall–Kier alpha value is -4.44. The van der Waals surface area contributed by atoms with Gasteiger partial charge in [0, 0.05) is 29.3 Å². The number of carbonyl (C=O) groups excluding carboxylic acids is 1. The van der Waals surface area contributed by atoms with Gasteiger partial charge in [-0.3, -0.25) is 19.9 Å². The van der Waals surface area contributed by atoms with Gasteiger partial charge in [-0.2, -0.15) is 9.49 Å². The van der Waals surface area contributed by atoms with Gasteiger partial charge in [0.1, 0.15) is 16.9 Å². The maximum atomic E-state index is 13.7. The van der Waals surface area contributed by atoms with Gasteiger partial charge in [0.25, 0.3) is 0 Å². The Morgan fingerprint density at radius 1 is 1.03 bits per heavy atom. The first-order valence-corrected chi connectivity index (χ1v) is 12.8. The number of rotatable bonds is 5. The molecule has 7 rings (SSSR count). The summed E-state index contributed by atoms with van der Waals surface area (Å²) in [5.41, 5.74) is 6.11. The quantitative estimate of drug-likeness (QED) is 0.257. The first kappa shape index (κ1) is 21.8. The summed E-state index contributed by atoms with van der Waals surface area (Å²) in [6, 6.07) is 12.9. The number of nitrogens with zero attached hydrogens (tertiary/aromatic N) is 4. The molecular weight excluding hydrogens is 489 g/mol. The molecule has 182 valence electrons. The van der Waals surface area contributed by atoms with E-state index in [1.54, 1.807) is 24.7 Å².